The number of hydrogen-bond acceptors (Lipinski definition) is 6. The van der Waals surface area contributed by atoms with Crippen LogP contribution in [0.4, 0.5) is 0 Å². The van der Waals surface area contributed by atoms with Crippen molar-refractivity contribution in [1.82, 2.24) is 5.32 Å². The topological polar surface area (TPSA) is 108 Å². The Morgan fingerprint density at radius 1 is 0.642 bits per heavy atom. The molecule has 0 aliphatic rings. The van der Waals surface area contributed by atoms with Gasteiger partial charge in [0.15, 0.2) is 0 Å². The highest BCUT2D eigenvalue weighted by Crippen LogP contribution is 2.38. The summed E-state index contributed by atoms with van der Waals surface area (Å²) in [7, 11) is 1.22. The number of aliphatic hydroxyl groups excluding tert-OH is 1. The average Bonchev–Trinajstić information content (AvgIpc) is 3.11. The van der Waals surface area contributed by atoms with E-state index in [4.69, 9.17) is 9.05 Å². The molecule has 9 heteroatoms. The smallest absolute Gasteiger partial charge is 0.268 e. The van der Waals surface area contributed by atoms with Crippen LogP contribution < -0.4 is 10.2 Å². The summed E-state index contributed by atoms with van der Waals surface area (Å²) < 4.78 is 22.6. The van der Waals surface area contributed by atoms with Crippen LogP contribution in [-0.2, 0) is 18.4 Å². The van der Waals surface area contributed by atoms with Crippen molar-refractivity contribution in [2.24, 2.45) is 0 Å². The number of nitrogens with one attached hydrogen (secondary N) is 1. The number of phosphoric ester groups is 1. The van der Waals surface area contributed by atoms with Gasteiger partial charge in [0.05, 0.1) is 39.9 Å². The largest absolute Gasteiger partial charge is 0.756 e. The predicted octanol–water partition coefficient (Wildman–Crippen LogP) is 11.3. The SMILES string of the molecule is CCCCCCCCCCCCCCCCCCCCCCC/C=C/CC/C=C/CC/C=C/C(O)C(COP(=O)([O-])OCC[N+](C)(C)C)NC(=O)CC. The highest BCUT2D eigenvalue weighted by Gasteiger charge is 2.22. The molecule has 0 aromatic carbocycles. The van der Waals surface area contributed by atoms with Gasteiger partial charge >= 0.3 is 0 Å². The fourth-order valence-electron chi connectivity index (χ4n) is 6.09. The van der Waals surface area contributed by atoms with E-state index >= 15 is 0 Å². The number of hydrogen-bond donors (Lipinski definition) is 2. The number of unbranched alkanes of at least 4 members (excludes halogenated alkanes) is 23. The van der Waals surface area contributed by atoms with E-state index in [2.05, 4.69) is 36.5 Å². The van der Waals surface area contributed by atoms with Crippen LogP contribution in [0.5, 0.6) is 0 Å². The number of likely N-dealkylation sites (N-methyl/N-ethyl adjacent to an activating group) is 1. The summed E-state index contributed by atoms with van der Waals surface area (Å²) in [5.74, 6) is -0.300. The van der Waals surface area contributed by atoms with Crippen molar-refractivity contribution in [2.75, 3.05) is 40.9 Å². The maximum absolute atomic E-state index is 12.2. The van der Waals surface area contributed by atoms with Crippen LogP contribution in [0.25, 0.3) is 0 Å². The Morgan fingerprint density at radius 2 is 1.04 bits per heavy atom. The maximum Gasteiger partial charge on any atom is 0.268 e. The molecule has 0 aromatic rings. The van der Waals surface area contributed by atoms with Crippen LogP contribution in [0.3, 0.4) is 0 Å². The van der Waals surface area contributed by atoms with E-state index in [1.165, 1.54) is 141 Å². The second-order valence-electron chi connectivity index (χ2n) is 16.0. The number of aliphatic hydroxyl groups is 1. The lowest BCUT2D eigenvalue weighted by Gasteiger charge is -2.29. The second kappa shape index (κ2) is 36.4. The van der Waals surface area contributed by atoms with Crippen molar-refractivity contribution >= 4 is 13.7 Å². The van der Waals surface area contributed by atoms with Crippen LogP contribution in [-0.4, -0.2) is 68.5 Å². The molecule has 0 aliphatic carbocycles. The highest BCUT2D eigenvalue weighted by molar-refractivity contribution is 7.45. The van der Waals surface area contributed by atoms with Gasteiger partial charge in [0.1, 0.15) is 13.2 Å². The molecule has 1 amide bonds. The van der Waals surface area contributed by atoms with Gasteiger partial charge in [0.25, 0.3) is 7.82 Å². The monoisotopic (exact) mass is 769 g/mol. The molecule has 0 heterocycles. The molecule has 0 fully saturated rings. The zero-order valence-corrected chi connectivity index (χ0v) is 36.1. The van der Waals surface area contributed by atoms with Crippen molar-refractivity contribution in [2.45, 2.75) is 199 Å². The molecular weight excluding hydrogens is 683 g/mol. The molecule has 0 saturated heterocycles. The van der Waals surface area contributed by atoms with Crippen LogP contribution >= 0.6 is 7.82 Å². The fraction of sp³-hybridized carbons (Fsp3) is 0.841. The Bertz CT molecular complexity index is 964. The number of carbonyl (C=O) groups excluding carboxylic acids is 1. The third-order valence-corrected chi connectivity index (χ3v) is 10.6. The summed E-state index contributed by atoms with van der Waals surface area (Å²) in [5.41, 5.74) is 0. The molecule has 0 rings (SSSR count). The first-order valence-electron chi connectivity index (χ1n) is 21.9. The molecule has 0 bridgehead atoms. The quantitative estimate of drug-likeness (QED) is 0.0279. The molecule has 0 radical (unpaired) electrons. The van der Waals surface area contributed by atoms with Crippen LogP contribution in [0.1, 0.15) is 187 Å². The molecule has 53 heavy (non-hydrogen) atoms. The van der Waals surface area contributed by atoms with Gasteiger partial charge in [0, 0.05) is 6.42 Å². The van der Waals surface area contributed by atoms with E-state index in [0.717, 1.165) is 25.7 Å². The zero-order valence-electron chi connectivity index (χ0n) is 35.2. The van der Waals surface area contributed by atoms with E-state index in [1.54, 1.807) is 13.0 Å². The molecule has 3 unspecified atom stereocenters. The molecule has 8 nitrogen and oxygen atoms in total. The molecule has 3 atom stereocenters. The second-order valence-corrected chi connectivity index (χ2v) is 17.4. The van der Waals surface area contributed by atoms with Gasteiger partial charge in [-0.3, -0.25) is 9.36 Å². The molecule has 2 N–H and O–H groups in total. The van der Waals surface area contributed by atoms with E-state index in [9.17, 15) is 19.4 Å². The minimum atomic E-state index is -4.56. The maximum atomic E-state index is 12.2. The van der Waals surface area contributed by atoms with Gasteiger partial charge in [0.2, 0.25) is 5.91 Å². The van der Waals surface area contributed by atoms with Gasteiger partial charge in [-0.15, -0.1) is 0 Å². The number of amides is 1. The van der Waals surface area contributed by atoms with Crippen molar-refractivity contribution in [3.63, 3.8) is 0 Å². The van der Waals surface area contributed by atoms with E-state index in [1.807, 2.05) is 27.2 Å². The van der Waals surface area contributed by atoms with Crippen molar-refractivity contribution < 1.29 is 32.9 Å². The number of phosphoric acid groups is 1. The molecule has 0 spiro atoms. The van der Waals surface area contributed by atoms with Crippen LogP contribution in [0, 0.1) is 0 Å². The number of carbonyl (C=O) groups is 1. The fourth-order valence-corrected chi connectivity index (χ4v) is 6.81. The Morgan fingerprint density at radius 3 is 1.45 bits per heavy atom. The van der Waals surface area contributed by atoms with Gasteiger partial charge < -0.3 is 28.8 Å². The molecule has 312 valence electrons. The number of rotatable bonds is 39. The lowest BCUT2D eigenvalue weighted by Crippen LogP contribution is -2.45. The molecule has 0 aliphatic heterocycles. The van der Waals surface area contributed by atoms with Gasteiger partial charge in [-0.1, -0.05) is 179 Å². The van der Waals surface area contributed by atoms with Crippen molar-refractivity contribution in [1.29, 1.82) is 0 Å². The summed E-state index contributed by atoms with van der Waals surface area (Å²) in [6.45, 7) is 4.05. The lowest BCUT2D eigenvalue weighted by atomic mass is 10.0. The minimum Gasteiger partial charge on any atom is -0.756 e. The first-order valence-corrected chi connectivity index (χ1v) is 23.3. The van der Waals surface area contributed by atoms with Gasteiger partial charge in [-0.05, 0) is 38.5 Å². The summed E-state index contributed by atoms with van der Waals surface area (Å²) in [6, 6.07) is -0.904. The average molecular weight is 769 g/mol. The minimum absolute atomic E-state index is 0.0117. The zero-order chi connectivity index (χ0) is 39.3. The third-order valence-electron chi connectivity index (χ3n) is 9.64. The van der Waals surface area contributed by atoms with Gasteiger partial charge in [-0.2, -0.15) is 0 Å². The summed E-state index contributed by atoms with van der Waals surface area (Å²) >= 11 is 0. The number of nitrogens with zero attached hydrogens (tertiary/aromatic N) is 1. The first kappa shape index (κ1) is 51.7. The Balaban J connectivity index is 3.77. The Labute approximate surface area is 327 Å². The van der Waals surface area contributed by atoms with E-state index < -0.39 is 26.6 Å². The highest BCUT2D eigenvalue weighted by atomic mass is 31.2. The standard InChI is InChI=1S/C44H85N2O6P/c1-6-8-9-10-11-12-13-14-15-16-17-18-19-20-21-22-23-24-25-26-27-28-29-30-31-32-33-34-35-36-37-38-43(47)42(45-44(48)7-2)41-52-53(49,50)51-40-39-46(3,4)5/h29-30,33-34,37-38,42-43,47H,6-28,31-32,35-36,39-41H2,1-5H3,(H-,45,48,49,50)/b30-29+,34-33+,38-37+. The van der Waals surface area contributed by atoms with Crippen LogP contribution in [0.2, 0.25) is 0 Å². The first-order chi connectivity index (χ1) is 25.5. The normalized spacial score (nSPS) is 14.8. The molecule has 0 saturated carbocycles. The number of quaternary nitrogens is 1. The van der Waals surface area contributed by atoms with E-state index in [0.29, 0.717) is 11.0 Å². The Hall–Kier alpha value is -1.28. The summed E-state index contributed by atoms with van der Waals surface area (Å²) in [6.07, 6.45) is 46.1. The van der Waals surface area contributed by atoms with E-state index in [-0.39, 0.29) is 18.9 Å². The third kappa shape index (κ3) is 38.8. The molecule has 0 aromatic heterocycles. The van der Waals surface area contributed by atoms with Crippen molar-refractivity contribution in [3.8, 4) is 0 Å². The summed E-state index contributed by atoms with van der Waals surface area (Å²) in [4.78, 5) is 24.1. The summed E-state index contributed by atoms with van der Waals surface area (Å²) in [5, 5.41) is 13.2. The Kier molecular flexibility index (Phi) is 35.5. The van der Waals surface area contributed by atoms with Crippen LogP contribution in [0.15, 0.2) is 36.5 Å². The van der Waals surface area contributed by atoms with Crippen molar-refractivity contribution in [3.05, 3.63) is 36.5 Å². The predicted molar refractivity (Wildman–Crippen MR) is 224 cm³/mol. The van der Waals surface area contributed by atoms with Gasteiger partial charge in [-0.25, -0.2) is 0 Å². The number of allylic oxidation sites excluding steroid dienone is 5. The molecular formula is C44H85N2O6P. The lowest BCUT2D eigenvalue weighted by molar-refractivity contribution is -0.870.